The lowest BCUT2D eigenvalue weighted by Gasteiger charge is -2.21. The predicted octanol–water partition coefficient (Wildman–Crippen LogP) is 2.01. The molecule has 1 aromatic rings. The number of hydrogen-bond donors (Lipinski definition) is 3. The van der Waals surface area contributed by atoms with Crippen LogP contribution < -0.4 is 11.1 Å². The van der Waals surface area contributed by atoms with Crippen molar-refractivity contribution in [2.75, 3.05) is 17.7 Å². The monoisotopic (exact) mass is 208 g/mol. The van der Waals surface area contributed by atoms with Crippen molar-refractivity contribution in [2.24, 2.45) is 5.92 Å². The lowest BCUT2D eigenvalue weighted by molar-refractivity contribution is 0.226. The number of aliphatic hydroxyl groups is 1. The van der Waals surface area contributed by atoms with Gasteiger partial charge in [0.1, 0.15) is 0 Å². The Morgan fingerprint density at radius 2 is 2.07 bits per heavy atom. The molecule has 2 atom stereocenters. The Morgan fingerprint density at radius 3 is 2.60 bits per heavy atom. The SMILES string of the molecule is Cc1cc(N)ccc1NC(C)C(C)CO. The first-order valence-electron chi connectivity index (χ1n) is 5.28. The molecular weight excluding hydrogens is 188 g/mol. The second kappa shape index (κ2) is 5.03. The fourth-order valence-corrected chi connectivity index (χ4v) is 1.39. The molecule has 0 aliphatic heterocycles. The lowest BCUT2D eigenvalue weighted by atomic mass is 10.0. The van der Waals surface area contributed by atoms with E-state index in [1.165, 1.54) is 0 Å². The molecule has 0 saturated carbocycles. The Bertz CT molecular complexity index is 325. The first-order chi connectivity index (χ1) is 7.04. The van der Waals surface area contributed by atoms with Gasteiger partial charge in [0.15, 0.2) is 0 Å². The number of benzene rings is 1. The molecule has 84 valence electrons. The van der Waals surface area contributed by atoms with Crippen LogP contribution in [0.2, 0.25) is 0 Å². The number of rotatable bonds is 4. The standard InChI is InChI=1S/C12H20N2O/c1-8-6-11(13)4-5-12(8)14-10(3)9(2)7-15/h4-6,9-10,14-15H,7,13H2,1-3H3. The molecular formula is C12H20N2O. The van der Waals surface area contributed by atoms with Crippen LogP contribution in [0.3, 0.4) is 0 Å². The van der Waals surface area contributed by atoms with Gasteiger partial charge in [0.2, 0.25) is 0 Å². The lowest BCUT2D eigenvalue weighted by Crippen LogP contribution is -2.26. The molecule has 1 aromatic carbocycles. The van der Waals surface area contributed by atoms with Gasteiger partial charge in [-0.3, -0.25) is 0 Å². The average Bonchev–Trinajstić information content (AvgIpc) is 2.20. The maximum atomic E-state index is 9.04. The van der Waals surface area contributed by atoms with Gasteiger partial charge >= 0.3 is 0 Å². The van der Waals surface area contributed by atoms with E-state index in [4.69, 9.17) is 10.8 Å². The van der Waals surface area contributed by atoms with E-state index in [0.29, 0.717) is 0 Å². The number of anilines is 2. The fourth-order valence-electron chi connectivity index (χ4n) is 1.39. The number of nitrogens with two attached hydrogens (primary N) is 1. The van der Waals surface area contributed by atoms with Gasteiger partial charge in [0, 0.05) is 24.0 Å². The van der Waals surface area contributed by atoms with Gasteiger partial charge in [0.05, 0.1) is 0 Å². The highest BCUT2D eigenvalue weighted by Crippen LogP contribution is 2.19. The third kappa shape index (κ3) is 3.13. The largest absolute Gasteiger partial charge is 0.399 e. The Kier molecular flexibility index (Phi) is 3.97. The van der Waals surface area contributed by atoms with Crippen LogP contribution in [0.15, 0.2) is 18.2 Å². The molecule has 3 nitrogen and oxygen atoms in total. The van der Waals surface area contributed by atoms with E-state index in [0.717, 1.165) is 16.9 Å². The van der Waals surface area contributed by atoms with Crippen LogP contribution in [0.4, 0.5) is 11.4 Å². The zero-order valence-corrected chi connectivity index (χ0v) is 9.62. The van der Waals surface area contributed by atoms with E-state index in [9.17, 15) is 0 Å². The third-order valence-electron chi connectivity index (χ3n) is 2.78. The van der Waals surface area contributed by atoms with Crippen LogP contribution in [0, 0.1) is 12.8 Å². The van der Waals surface area contributed by atoms with Crippen LogP contribution >= 0.6 is 0 Å². The minimum Gasteiger partial charge on any atom is -0.399 e. The second-order valence-electron chi connectivity index (χ2n) is 4.17. The van der Waals surface area contributed by atoms with Crippen molar-refractivity contribution in [3.05, 3.63) is 23.8 Å². The highest BCUT2D eigenvalue weighted by molar-refractivity contribution is 5.57. The van der Waals surface area contributed by atoms with Crippen LogP contribution in [-0.4, -0.2) is 17.8 Å². The summed E-state index contributed by atoms with van der Waals surface area (Å²) in [5.74, 6) is 0.238. The summed E-state index contributed by atoms with van der Waals surface area (Å²) in [7, 11) is 0. The van der Waals surface area contributed by atoms with Gasteiger partial charge in [-0.05, 0) is 43.5 Å². The minimum absolute atomic E-state index is 0.197. The summed E-state index contributed by atoms with van der Waals surface area (Å²) in [6.07, 6.45) is 0. The van der Waals surface area contributed by atoms with Crippen molar-refractivity contribution in [2.45, 2.75) is 26.8 Å². The van der Waals surface area contributed by atoms with Gasteiger partial charge in [-0.15, -0.1) is 0 Å². The predicted molar refractivity (Wildman–Crippen MR) is 64.9 cm³/mol. The van der Waals surface area contributed by atoms with Crippen LogP contribution in [0.1, 0.15) is 19.4 Å². The minimum atomic E-state index is 0.197. The Hall–Kier alpha value is -1.22. The molecule has 0 aliphatic rings. The van der Waals surface area contributed by atoms with Crippen molar-refractivity contribution in [1.82, 2.24) is 0 Å². The molecule has 0 radical (unpaired) electrons. The van der Waals surface area contributed by atoms with Crippen molar-refractivity contribution < 1.29 is 5.11 Å². The number of aliphatic hydroxyl groups excluding tert-OH is 1. The van der Waals surface area contributed by atoms with Crippen LogP contribution in [0.5, 0.6) is 0 Å². The molecule has 4 N–H and O–H groups in total. The highest BCUT2D eigenvalue weighted by Gasteiger charge is 2.11. The molecule has 3 heteroatoms. The fraction of sp³-hybridized carbons (Fsp3) is 0.500. The van der Waals surface area contributed by atoms with Crippen LogP contribution in [0.25, 0.3) is 0 Å². The van der Waals surface area contributed by atoms with E-state index in [1.807, 2.05) is 32.0 Å². The van der Waals surface area contributed by atoms with Gasteiger partial charge in [-0.2, -0.15) is 0 Å². The Labute approximate surface area is 91.3 Å². The number of aryl methyl sites for hydroxylation is 1. The van der Waals surface area contributed by atoms with Crippen molar-refractivity contribution in [1.29, 1.82) is 0 Å². The van der Waals surface area contributed by atoms with Crippen molar-refractivity contribution in [3.8, 4) is 0 Å². The van der Waals surface area contributed by atoms with E-state index in [2.05, 4.69) is 12.2 Å². The zero-order valence-electron chi connectivity index (χ0n) is 9.62. The van der Waals surface area contributed by atoms with Gasteiger partial charge in [-0.25, -0.2) is 0 Å². The van der Waals surface area contributed by atoms with E-state index < -0.39 is 0 Å². The maximum absolute atomic E-state index is 9.04. The summed E-state index contributed by atoms with van der Waals surface area (Å²) in [5.41, 5.74) is 8.67. The van der Waals surface area contributed by atoms with Crippen molar-refractivity contribution >= 4 is 11.4 Å². The normalized spacial score (nSPS) is 14.7. The molecule has 0 amide bonds. The van der Waals surface area contributed by atoms with E-state index >= 15 is 0 Å². The summed E-state index contributed by atoms with van der Waals surface area (Å²) in [5, 5.41) is 12.4. The first kappa shape index (κ1) is 11.9. The van der Waals surface area contributed by atoms with E-state index in [-0.39, 0.29) is 18.6 Å². The smallest absolute Gasteiger partial charge is 0.0476 e. The summed E-state index contributed by atoms with van der Waals surface area (Å²) in [4.78, 5) is 0. The molecule has 0 bridgehead atoms. The maximum Gasteiger partial charge on any atom is 0.0476 e. The molecule has 1 rings (SSSR count). The summed E-state index contributed by atoms with van der Waals surface area (Å²) < 4.78 is 0. The number of nitrogens with one attached hydrogen (secondary N) is 1. The van der Waals surface area contributed by atoms with E-state index in [1.54, 1.807) is 0 Å². The Balaban J connectivity index is 2.72. The average molecular weight is 208 g/mol. The van der Waals surface area contributed by atoms with Gasteiger partial charge in [-0.1, -0.05) is 6.92 Å². The highest BCUT2D eigenvalue weighted by atomic mass is 16.3. The molecule has 0 aliphatic carbocycles. The molecule has 0 aromatic heterocycles. The second-order valence-corrected chi connectivity index (χ2v) is 4.17. The topological polar surface area (TPSA) is 58.3 Å². The van der Waals surface area contributed by atoms with Gasteiger partial charge in [0.25, 0.3) is 0 Å². The number of hydrogen-bond acceptors (Lipinski definition) is 3. The van der Waals surface area contributed by atoms with Crippen LogP contribution in [-0.2, 0) is 0 Å². The molecule has 2 unspecified atom stereocenters. The summed E-state index contributed by atoms with van der Waals surface area (Å²) in [6, 6.07) is 6.05. The molecule has 0 spiro atoms. The third-order valence-corrected chi connectivity index (χ3v) is 2.78. The Morgan fingerprint density at radius 1 is 1.40 bits per heavy atom. The van der Waals surface area contributed by atoms with Gasteiger partial charge < -0.3 is 16.2 Å². The zero-order chi connectivity index (χ0) is 11.4. The summed E-state index contributed by atoms with van der Waals surface area (Å²) >= 11 is 0. The van der Waals surface area contributed by atoms with Crippen molar-refractivity contribution in [3.63, 3.8) is 0 Å². The molecule has 0 heterocycles. The molecule has 0 saturated heterocycles. The number of nitrogen functional groups attached to an aromatic ring is 1. The quantitative estimate of drug-likeness (QED) is 0.663. The summed E-state index contributed by atoms with van der Waals surface area (Å²) in [6.45, 7) is 6.30. The molecule has 0 fully saturated rings. The molecule has 15 heavy (non-hydrogen) atoms. The first-order valence-corrected chi connectivity index (χ1v) is 5.28.